The number of esters is 1. The number of cyclic esters (lactones) is 1. The van der Waals surface area contributed by atoms with Crippen molar-refractivity contribution in [3.63, 3.8) is 0 Å². The van der Waals surface area contributed by atoms with Gasteiger partial charge < -0.3 is 4.74 Å². The van der Waals surface area contributed by atoms with E-state index in [1.165, 1.54) is 0 Å². The van der Waals surface area contributed by atoms with Crippen LogP contribution in [0.3, 0.4) is 0 Å². The van der Waals surface area contributed by atoms with Crippen LogP contribution in [0, 0.1) is 11.3 Å². The molecule has 0 spiro atoms. The van der Waals surface area contributed by atoms with Crippen molar-refractivity contribution in [3.05, 3.63) is 0 Å². The monoisotopic (exact) mass is 212 g/mol. The zero-order valence-corrected chi connectivity index (χ0v) is 10.0. The van der Waals surface area contributed by atoms with Crippen molar-refractivity contribution in [1.29, 1.82) is 0 Å². The Kier molecular flexibility index (Phi) is 3.53. The van der Waals surface area contributed by atoms with Gasteiger partial charge in [-0.05, 0) is 26.7 Å². The molecule has 0 amide bonds. The number of rotatable bonds is 3. The molecule has 1 aliphatic heterocycles. The maximum absolute atomic E-state index is 12.1. The first-order valence-electron chi connectivity index (χ1n) is 5.70. The Morgan fingerprint density at radius 3 is 2.33 bits per heavy atom. The summed E-state index contributed by atoms with van der Waals surface area (Å²) in [4.78, 5) is 23.7. The van der Waals surface area contributed by atoms with Gasteiger partial charge in [-0.1, -0.05) is 20.3 Å². The van der Waals surface area contributed by atoms with Crippen LogP contribution in [-0.2, 0) is 14.3 Å². The Balaban J connectivity index is 2.90. The van der Waals surface area contributed by atoms with Gasteiger partial charge in [-0.25, -0.2) is 0 Å². The highest BCUT2D eigenvalue weighted by molar-refractivity contribution is 6.06. The zero-order valence-electron chi connectivity index (χ0n) is 10.0. The van der Waals surface area contributed by atoms with E-state index < -0.39 is 5.41 Å². The minimum atomic E-state index is -0.953. The first-order valence-corrected chi connectivity index (χ1v) is 5.70. The molecule has 0 aliphatic carbocycles. The van der Waals surface area contributed by atoms with Crippen molar-refractivity contribution in [3.8, 4) is 0 Å². The van der Waals surface area contributed by atoms with Gasteiger partial charge >= 0.3 is 5.97 Å². The molecule has 1 fully saturated rings. The molecule has 1 aliphatic rings. The average Bonchev–Trinajstić information content (AvgIpc) is 2.16. The topological polar surface area (TPSA) is 43.4 Å². The van der Waals surface area contributed by atoms with Crippen molar-refractivity contribution >= 4 is 11.8 Å². The summed E-state index contributed by atoms with van der Waals surface area (Å²) in [5.41, 5.74) is -0.953. The van der Waals surface area contributed by atoms with Gasteiger partial charge in [0.15, 0.2) is 5.78 Å². The summed E-state index contributed by atoms with van der Waals surface area (Å²) in [5, 5.41) is 0. The third-order valence-electron chi connectivity index (χ3n) is 3.18. The quantitative estimate of drug-likeness (QED) is 0.532. The molecule has 3 heteroatoms. The van der Waals surface area contributed by atoms with Gasteiger partial charge in [0, 0.05) is 0 Å². The highest BCUT2D eigenvalue weighted by atomic mass is 16.5. The molecule has 0 N–H and O–H groups in total. The maximum Gasteiger partial charge on any atom is 0.319 e. The Morgan fingerprint density at radius 1 is 1.27 bits per heavy atom. The van der Waals surface area contributed by atoms with Crippen LogP contribution in [0.25, 0.3) is 0 Å². The molecular formula is C12H20O3. The molecule has 3 nitrogen and oxygen atoms in total. The Morgan fingerprint density at radius 2 is 1.87 bits per heavy atom. The molecule has 86 valence electrons. The summed E-state index contributed by atoms with van der Waals surface area (Å²) < 4.78 is 5.36. The van der Waals surface area contributed by atoms with E-state index in [-0.39, 0.29) is 23.8 Å². The SMILES string of the molecule is CCCC1OC(=O)C(C)(C)C(=O)C1CC. The Labute approximate surface area is 91.2 Å². The summed E-state index contributed by atoms with van der Waals surface area (Å²) in [7, 11) is 0. The van der Waals surface area contributed by atoms with E-state index in [2.05, 4.69) is 0 Å². The van der Waals surface area contributed by atoms with Crippen LogP contribution >= 0.6 is 0 Å². The standard InChI is InChI=1S/C12H20O3/c1-5-7-9-8(6-2)10(13)12(3,4)11(14)15-9/h8-9H,5-7H2,1-4H3. The number of carbonyl (C=O) groups excluding carboxylic acids is 2. The van der Waals surface area contributed by atoms with Crippen LogP contribution in [-0.4, -0.2) is 17.9 Å². The normalized spacial score (nSPS) is 30.1. The van der Waals surface area contributed by atoms with Gasteiger partial charge in [0.25, 0.3) is 0 Å². The summed E-state index contributed by atoms with van der Waals surface area (Å²) in [6.45, 7) is 7.32. The van der Waals surface area contributed by atoms with Crippen molar-refractivity contribution in [2.24, 2.45) is 11.3 Å². The predicted octanol–water partition coefficient (Wildman–Crippen LogP) is 2.33. The number of hydrogen-bond donors (Lipinski definition) is 0. The van der Waals surface area contributed by atoms with Gasteiger partial charge in [0.2, 0.25) is 0 Å². The highest BCUT2D eigenvalue weighted by Crippen LogP contribution is 2.35. The lowest BCUT2D eigenvalue weighted by Crippen LogP contribution is -2.50. The van der Waals surface area contributed by atoms with E-state index in [4.69, 9.17) is 4.74 Å². The van der Waals surface area contributed by atoms with E-state index in [1.54, 1.807) is 13.8 Å². The van der Waals surface area contributed by atoms with Gasteiger partial charge in [-0.3, -0.25) is 9.59 Å². The third kappa shape index (κ3) is 2.06. The molecule has 0 saturated carbocycles. The lowest BCUT2D eigenvalue weighted by Gasteiger charge is -2.37. The second kappa shape index (κ2) is 4.33. The molecular weight excluding hydrogens is 192 g/mol. The molecule has 0 aromatic rings. The van der Waals surface area contributed by atoms with Crippen LogP contribution in [0.2, 0.25) is 0 Å². The molecule has 1 rings (SSSR count). The molecule has 0 aromatic carbocycles. The van der Waals surface area contributed by atoms with E-state index in [9.17, 15) is 9.59 Å². The fourth-order valence-electron chi connectivity index (χ4n) is 2.09. The molecule has 0 radical (unpaired) electrons. The van der Waals surface area contributed by atoms with E-state index in [0.717, 1.165) is 19.3 Å². The van der Waals surface area contributed by atoms with Crippen molar-refractivity contribution in [2.45, 2.75) is 53.1 Å². The zero-order chi connectivity index (χ0) is 11.6. The first kappa shape index (κ1) is 12.2. The predicted molar refractivity (Wildman–Crippen MR) is 57.4 cm³/mol. The smallest absolute Gasteiger partial charge is 0.319 e. The van der Waals surface area contributed by atoms with Gasteiger partial charge in [-0.15, -0.1) is 0 Å². The summed E-state index contributed by atoms with van der Waals surface area (Å²) >= 11 is 0. The number of Topliss-reactive ketones (excluding diaryl/α,β-unsaturated/α-hetero) is 1. The van der Waals surface area contributed by atoms with Gasteiger partial charge in [0.1, 0.15) is 11.5 Å². The largest absolute Gasteiger partial charge is 0.461 e. The second-order valence-electron chi connectivity index (χ2n) is 4.74. The van der Waals surface area contributed by atoms with E-state index in [0.29, 0.717) is 0 Å². The Bertz CT molecular complexity index is 268. The van der Waals surface area contributed by atoms with Crippen LogP contribution in [0.15, 0.2) is 0 Å². The van der Waals surface area contributed by atoms with Gasteiger partial charge in [-0.2, -0.15) is 0 Å². The number of hydrogen-bond acceptors (Lipinski definition) is 3. The molecule has 1 saturated heterocycles. The molecule has 0 bridgehead atoms. The summed E-state index contributed by atoms with van der Waals surface area (Å²) in [6, 6.07) is 0. The fraction of sp³-hybridized carbons (Fsp3) is 0.833. The van der Waals surface area contributed by atoms with E-state index >= 15 is 0 Å². The Hall–Kier alpha value is -0.860. The fourth-order valence-corrected chi connectivity index (χ4v) is 2.09. The molecule has 15 heavy (non-hydrogen) atoms. The number of carbonyl (C=O) groups is 2. The highest BCUT2D eigenvalue weighted by Gasteiger charge is 2.49. The van der Waals surface area contributed by atoms with Crippen LogP contribution in [0.1, 0.15) is 47.0 Å². The van der Waals surface area contributed by atoms with Crippen LogP contribution in [0.5, 0.6) is 0 Å². The second-order valence-corrected chi connectivity index (χ2v) is 4.74. The molecule has 1 heterocycles. The van der Waals surface area contributed by atoms with E-state index in [1.807, 2.05) is 13.8 Å². The lowest BCUT2D eigenvalue weighted by molar-refractivity contribution is -0.178. The van der Waals surface area contributed by atoms with Crippen molar-refractivity contribution in [1.82, 2.24) is 0 Å². The molecule has 2 atom stereocenters. The van der Waals surface area contributed by atoms with Crippen molar-refractivity contribution in [2.75, 3.05) is 0 Å². The minimum absolute atomic E-state index is 0.0414. The first-order chi connectivity index (χ1) is 6.95. The minimum Gasteiger partial charge on any atom is -0.461 e. The molecule has 2 unspecified atom stereocenters. The third-order valence-corrected chi connectivity index (χ3v) is 3.18. The summed E-state index contributed by atoms with van der Waals surface area (Å²) in [5.74, 6) is -0.437. The average molecular weight is 212 g/mol. The number of ether oxygens (including phenoxy) is 1. The summed E-state index contributed by atoms with van der Waals surface area (Å²) in [6.07, 6.45) is 2.27. The van der Waals surface area contributed by atoms with Gasteiger partial charge in [0.05, 0.1) is 5.92 Å². The number of ketones is 1. The van der Waals surface area contributed by atoms with Crippen LogP contribution < -0.4 is 0 Å². The van der Waals surface area contributed by atoms with Crippen LogP contribution in [0.4, 0.5) is 0 Å². The molecule has 0 aromatic heterocycles. The lowest BCUT2D eigenvalue weighted by atomic mass is 9.75. The maximum atomic E-state index is 12.1. The van der Waals surface area contributed by atoms with Crippen molar-refractivity contribution < 1.29 is 14.3 Å².